The van der Waals surface area contributed by atoms with Crippen molar-refractivity contribution in [2.24, 2.45) is 0 Å². The number of benzene rings is 1. The van der Waals surface area contributed by atoms with Crippen molar-refractivity contribution in [2.75, 3.05) is 19.1 Å². The van der Waals surface area contributed by atoms with Gasteiger partial charge in [0.05, 0.1) is 5.69 Å². The fraction of sp³-hybridized carbons (Fsp3) is 0.200. The van der Waals surface area contributed by atoms with Gasteiger partial charge in [-0.1, -0.05) is 18.2 Å². The molecule has 1 aromatic rings. The summed E-state index contributed by atoms with van der Waals surface area (Å²) in [6.07, 6.45) is 0. The molecule has 0 aliphatic carbocycles. The topological polar surface area (TPSA) is 26.7 Å². The van der Waals surface area contributed by atoms with Crippen molar-refractivity contribution in [2.45, 2.75) is 0 Å². The van der Waals surface area contributed by atoms with Gasteiger partial charge in [-0.2, -0.15) is 0 Å². The predicted octanol–water partition coefficient (Wildman–Crippen LogP) is 2.00. The molecule has 1 aromatic carbocycles. The van der Waals surface area contributed by atoms with E-state index in [1.807, 2.05) is 42.4 Å². The minimum Gasteiger partial charge on any atom is -0.494 e. The Hall–Kier alpha value is -1.64. The average Bonchev–Trinajstić information content (AvgIpc) is 2.17. The highest BCUT2D eigenvalue weighted by molar-refractivity contribution is 5.44. The first-order valence-corrected chi connectivity index (χ1v) is 4.03. The van der Waals surface area contributed by atoms with Crippen molar-refractivity contribution in [1.29, 1.82) is 0 Å². The number of hydrogen-bond acceptors (Lipinski definition) is 3. The third-order valence-corrected chi connectivity index (χ3v) is 1.95. The summed E-state index contributed by atoms with van der Waals surface area (Å²) < 4.78 is 0. The predicted molar refractivity (Wildman–Crippen MR) is 54.4 cm³/mol. The smallest absolute Gasteiger partial charge is 0.198 e. The van der Waals surface area contributed by atoms with Gasteiger partial charge in [0.1, 0.15) is 0 Å². The van der Waals surface area contributed by atoms with E-state index < -0.39 is 0 Å². The van der Waals surface area contributed by atoms with Gasteiger partial charge in [-0.05, 0) is 18.7 Å². The van der Waals surface area contributed by atoms with Gasteiger partial charge in [0.25, 0.3) is 0 Å². The molecule has 0 aliphatic rings. The van der Waals surface area contributed by atoms with E-state index >= 15 is 0 Å². The van der Waals surface area contributed by atoms with Crippen LogP contribution in [-0.2, 0) is 0 Å². The highest BCUT2D eigenvalue weighted by Gasteiger charge is 2.06. The second-order valence-corrected chi connectivity index (χ2v) is 2.80. The van der Waals surface area contributed by atoms with Crippen LogP contribution < -0.4 is 5.01 Å². The number of hydrazine groups is 1. The lowest BCUT2D eigenvalue weighted by atomic mass is 10.3. The monoisotopic (exact) mass is 178 g/mol. The molecule has 0 saturated heterocycles. The summed E-state index contributed by atoms with van der Waals surface area (Å²) in [7, 11) is 3.60. The van der Waals surface area contributed by atoms with Crippen LogP contribution in [0.4, 0.5) is 5.69 Å². The Morgan fingerprint density at radius 3 is 2.23 bits per heavy atom. The third kappa shape index (κ3) is 2.15. The Labute approximate surface area is 78.5 Å². The maximum Gasteiger partial charge on any atom is 0.198 e. The van der Waals surface area contributed by atoms with E-state index in [0.717, 1.165) is 5.69 Å². The van der Waals surface area contributed by atoms with Crippen LogP contribution in [-0.4, -0.2) is 24.2 Å². The van der Waals surface area contributed by atoms with Crippen LogP contribution >= 0.6 is 0 Å². The zero-order chi connectivity index (χ0) is 9.84. The van der Waals surface area contributed by atoms with Crippen molar-refractivity contribution in [3.05, 3.63) is 42.8 Å². The third-order valence-electron chi connectivity index (χ3n) is 1.95. The van der Waals surface area contributed by atoms with Gasteiger partial charge in [0.2, 0.25) is 0 Å². The fourth-order valence-electron chi connectivity index (χ4n) is 0.990. The lowest BCUT2D eigenvalue weighted by Crippen LogP contribution is -2.35. The highest BCUT2D eigenvalue weighted by atomic mass is 16.3. The lowest BCUT2D eigenvalue weighted by Gasteiger charge is -2.30. The standard InChI is InChI=1S/C10H14N2O/c1-9(13)11(2)12(3)10-7-5-4-6-8-10/h4-8,13H,1H2,2-3H3. The summed E-state index contributed by atoms with van der Waals surface area (Å²) in [5.41, 5.74) is 1.00. The van der Waals surface area contributed by atoms with Crippen LogP contribution in [0.15, 0.2) is 42.8 Å². The van der Waals surface area contributed by atoms with Gasteiger partial charge >= 0.3 is 0 Å². The molecule has 0 atom stereocenters. The quantitative estimate of drug-likeness (QED) is 0.566. The van der Waals surface area contributed by atoms with Gasteiger partial charge < -0.3 is 5.11 Å². The summed E-state index contributed by atoms with van der Waals surface area (Å²) in [4.78, 5) is 0. The molecule has 0 bridgehead atoms. The molecule has 3 nitrogen and oxygen atoms in total. The molecular weight excluding hydrogens is 164 g/mol. The van der Waals surface area contributed by atoms with Gasteiger partial charge in [-0.15, -0.1) is 0 Å². The Bertz CT molecular complexity index is 284. The van der Waals surface area contributed by atoms with Crippen LogP contribution in [0, 0.1) is 0 Å². The Morgan fingerprint density at radius 2 is 1.77 bits per heavy atom. The summed E-state index contributed by atoms with van der Waals surface area (Å²) in [5.74, 6) is 0.0198. The zero-order valence-electron chi connectivity index (χ0n) is 7.94. The van der Waals surface area contributed by atoms with E-state index in [1.165, 1.54) is 0 Å². The summed E-state index contributed by atoms with van der Waals surface area (Å²) in [5, 5.41) is 12.5. The van der Waals surface area contributed by atoms with Crippen LogP contribution in [0.25, 0.3) is 0 Å². The SMILES string of the molecule is C=C(O)N(C)N(C)c1ccccc1. The normalized spacial score (nSPS) is 9.38. The van der Waals surface area contributed by atoms with Crippen molar-refractivity contribution in [3.63, 3.8) is 0 Å². The molecule has 3 heteroatoms. The Kier molecular flexibility index (Phi) is 2.80. The van der Waals surface area contributed by atoms with Crippen molar-refractivity contribution in [1.82, 2.24) is 5.01 Å². The minimum absolute atomic E-state index is 0.0198. The molecule has 0 saturated carbocycles. The van der Waals surface area contributed by atoms with E-state index in [1.54, 1.807) is 12.1 Å². The van der Waals surface area contributed by atoms with Crippen LogP contribution in [0.2, 0.25) is 0 Å². The molecule has 70 valence electrons. The Balaban J connectivity index is 2.79. The molecule has 0 spiro atoms. The first kappa shape index (κ1) is 9.45. The molecule has 1 N–H and O–H groups in total. The summed E-state index contributed by atoms with van der Waals surface area (Å²) in [6.45, 7) is 3.44. The van der Waals surface area contributed by atoms with Gasteiger partial charge in [0.15, 0.2) is 5.88 Å². The molecule has 0 radical (unpaired) electrons. The van der Waals surface area contributed by atoms with Gasteiger partial charge in [-0.25, -0.2) is 0 Å². The number of anilines is 1. The number of aliphatic hydroxyl groups excluding tert-OH is 1. The lowest BCUT2D eigenvalue weighted by molar-refractivity contribution is 0.229. The summed E-state index contributed by atoms with van der Waals surface area (Å²) in [6, 6.07) is 9.75. The number of aliphatic hydroxyl groups is 1. The molecule has 0 amide bonds. The second-order valence-electron chi connectivity index (χ2n) is 2.80. The first-order valence-electron chi connectivity index (χ1n) is 4.03. The summed E-state index contributed by atoms with van der Waals surface area (Å²) >= 11 is 0. The number of rotatable bonds is 3. The zero-order valence-corrected chi connectivity index (χ0v) is 7.94. The van der Waals surface area contributed by atoms with E-state index in [0.29, 0.717) is 0 Å². The molecular formula is C10H14N2O. The van der Waals surface area contributed by atoms with Crippen molar-refractivity contribution in [3.8, 4) is 0 Å². The molecule has 0 heterocycles. The maximum atomic E-state index is 9.14. The highest BCUT2D eigenvalue weighted by Crippen LogP contribution is 2.13. The molecule has 0 aliphatic heterocycles. The van der Waals surface area contributed by atoms with E-state index in [2.05, 4.69) is 6.58 Å². The van der Waals surface area contributed by atoms with Gasteiger partial charge in [-0.3, -0.25) is 10.0 Å². The number of nitrogens with zero attached hydrogens (tertiary/aromatic N) is 2. The first-order chi connectivity index (χ1) is 6.13. The fourth-order valence-corrected chi connectivity index (χ4v) is 0.990. The molecule has 1 rings (SSSR count). The second kappa shape index (κ2) is 3.85. The molecule has 0 aromatic heterocycles. The van der Waals surface area contributed by atoms with E-state index in [9.17, 15) is 0 Å². The average molecular weight is 178 g/mol. The largest absolute Gasteiger partial charge is 0.494 e. The van der Waals surface area contributed by atoms with Crippen molar-refractivity contribution < 1.29 is 5.11 Å². The van der Waals surface area contributed by atoms with Crippen LogP contribution in [0.1, 0.15) is 0 Å². The molecule has 13 heavy (non-hydrogen) atoms. The minimum atomic E-state index is 0.0198. The molecule has 0 fully saturated rings. The van der Waals surface area contributed by atoms with Gasteiger partial charge in [0, 0.05) is 14.1 Å². The van der Waals surface area contributed by atoms with Crippen LogP contribution in [0.3, 0.4) is 0 Å². The maximum absolute atomic E-state index is 9.14. The Morgan fingerprint density at radius 1 is 1.23 bits per heavy atom. The number of para-hydroxylation sites is 1. The van der Waals surface area contributed by atoms with Crippen molar-refractivity contribution >= 4 is 5.69 Å². The van der Waals surface area contributed by atoms with Crippen LogP contribution in [0.5, 0.6) is 0 Å². The molecule has 0 unspecified atom stereocenters. The van der Waals surface area contributed by atoms with E-state index in [-0.39, 0.29) is 5.88 Å². The van der Waals surface area contributed by atoms with E-state index in [4.69, 9.17) is 5.11 Å². The number of hydrogen-bond donors (Lipinski definition) is 1.